The van der Waals surface area contributed by atoms with Gasteiger partial charge in [-0.2, -0.15) is 0 Å². The molecule has 0 radical (unpaired) electrons. The van der Waals surface area contributed by atoms with E-state index in [9.17, 15) is 0 Å². The molecule has 0 aliphatic heterocycles. The Labute approximate surface area is 117 Å². The first-order chi connectivity index (χ1) is 8.63. The summed E-state index contributed by atoms with van der Waals surface area (Å²) in [6.45, 7) is 8.70. The van der Waals surface area contributed by atoms with Crippen molar-refractivity contribution in [2.75, 3.05) is 26.9 Å². The lowest BCUT2D eigenvalue weighted by molar-refractivity contribution is 0.199. The molecular formula is C14H20BrNO2. The third-order valence-corrected chi connectivity index (χ3v) is 2.90. The number of methoxy groups -OCH3 is 1. The van der Waals surface area contributed by atoms with Crippen LogP contribution < -0.4 is 10.1 Å². The van der Waals surface area contributed by atoms with Gasteiger partial charge in [-0.05, 0) is 46.1 Å². The molecule has 1 aromatic rings. The van der Waals surface area contributed by atoms with E-state index in [4.69, 9.17) is 9.47 Å². The number of nitrogens with one attached hydrogen (secondary N) is 1. The quantitative estimate of drug-likeness (QED) is 0.591. The fourth-order valence-electron chi connectivity index (χ4n) is 1.38. The average Bonchev–Trinajstić information content (AvgIpc) is 2.33. The Morgan fingerprint density at radius 2 is 2.22 bits per heavy atom. The van der Waals surface area contributed by atoms with E-state index in [0.717, 1.165) is 35.5 Å². The van der Waals surface area contributed by atoms with Crippen LogP contribution in [-0.4, -0.2) is 26.9 Å². The van der Waals surface area contributed by atoms with Gasteiger partial charge < -0.3 is 14.8 Å². The first kappa shape index (κ1) is 15.2. The molecule has 100 valence electrons. The molecule has 0 aromatic heterocycles. The van der Waals surface area contributed by atoms with Crippen LogP contribution >= 0.6 is 15.9 Å². The van der Waals surface area contributed by atoms with Crippen LogP contribution in [-0.2, 0) is 11.3 Å². The van der Waals surface area contributed by atoms with Crippen molar-refractivity contribution in [2.45, 2.75) is 13.5 Å². The van der Waals surface area contributed by atoms with E-state index in [-0.39, 0.29) is 0 Å². The van der Waals surface area contributed by atoms with Crippen LogP contribution in [0.3, 0.4) is 0 Å². The van der Waals surface area contributed by atoms with Gasteiger partial charge in [0.05, 0.1) is 11.1 Å². The van der Waals surface area contributed by atoms with Crippen molar-refractivity contribution in [3.63, 3.8) is 0 Å². The predicted molar refractivity (Wildman–Crippen MR) is 78.0 cm³/mol. The van der Waals surface area contributed by atoms with E-state index in [1.165, 1.54) is 5.56 Å². The largest absolute Gasteiger partial charge is 0.488 e. The molecule has 0 fully saturated rings. The lowest BCUT2D eigenvalue weighted by Crippen LogP contribution is -2.18. The minimum absolute atomic E-state index is 0.546. The molecule has 4 heteroatoms. The van der Waals surface area contributed by atoms with Crippen molar-refractivity contribution in [3.05, 3.63) is 40.4 Å². The number of rotatable bonds is 8. The van der Waals surface area contributed by atoms with Crippen LogP contribution in [0.4, 0.5) is 0 Å². The van der Waals surface area contributed by atoms with E-state index >= 15 is 0 Å². The van der Waals surface area contributed by atoms with Crippen LogP contribution in [0, 0.1) is 0 Å². The van der Waals surface area contributed by atoms with Crippen molar-refractivity contribution in [3.8, 4) is 5.75 Å². The SMILES string of the molecule is C=C(C)COc1ccc(CNCCOC)cc1Br. The Bertz CT molecular complexity index is 393. The van der Waals surface area contributed by atoms with Gasteiger partial charge in [0.1, 0.15) is 12.4 Å². The van der Waals surface area contributed by atoms with Crippen LogP contribution in [0.25, 0.3) is 0 Å². The molecule has 0 saturated heterocycles. The zero-order valence-corrected chi connectivity index (χ0v) is 12.5. The molecule has 0 spiro atoms. The highest BCUT2D eigenvalue weighted by molar-refractivity contribution is 9.10. The normalized spacial score (nSPS) is 10.4. The molecule has 0 bridgehead atoms. The van der Waals surface area contributed by atoms with Crippen molar-refractivity contribution in [1.82, 2.24) is 5.32 Å². The maximum atomic E-state index is 5.61. The zero-order valence-electron chi connectivity index (χ0n) is 11.0. The Morgan fingerprint density at radius 3 is 2.83 bits per heavy atom. The Hall–Kier alpha value is -0.840. The van der Waals surface area contributed by atoms with Gasteiger partial charge in [0.15, 0.2) is 0 Å². The molecule has 0 aliphatic rings. The van der Waals surface area contributed by atoms with Gasteiger partial charge in [0, 0.05) is 20.2 Å². The number of benzene rings is 1. The molecule has 3 nitrogen and oxygen atoms in total. The first-order valence-electron chi connectivity index (χ1n) is 5.88. The molecule has 0 amide bonds. The topological polar surface area (TPSA) is 30.5 Å². The third-order valence-electron chi connectivity index (χ3n) is 2.28. The minimum Gasteiger partial charge on any atom is -0.488 e. The van der Waals surface area contributed by atoms with E-state index in [2.05, 4.69) is 40.0 Å². The van der Waals surface area contributed by atoms with Gasteiger partial charge >= 0.3 is 0 Å². The molecule has 0 atom stereocenters. The maximum absolute atomic E-state index is 5.61. The smallest absolute Gasteiger partial charge is 0.133 e. The summed E-state index contributed by atoms with van der Waals surface area (Å²) in [5.74, 6) is 0.846. The number of hydrogen-bond donors (Lipinski definition) is 1. The summed E-state index contributed by atoms with van der Waals surface area (Å²) >= 11 is 3.51. The molecule has 1 rings (SSSR count). The summed E-state index contributed by atoms with van der Waals surface area (Å²) in [5.41, 5.74) is 2.22. The molecule has 1 aromatic carbocycles. The second-order valence-electron chi connectivity index (χ2n) is 4.18. The van der Waals surface area contributed by atoms with E-state index in [1.54, 1.807) is 7.11 Å². The molecular weight excluding hydrogens is 294 g/mol. The molecule has 1 N–H and O–H groups in total. The van der Waals surface area contributed by atoms with Crippen LogP contribution in [0.15, 0.2) is 34.8 Å². The highest BCUT2D eigenvalue weighted by Gasteiger charge is 2.02. The summed E-state index contributed by atoms with van der Waals surface area (Å²) in [7, 11) is 1.70. The Balaban J connectivity index is 2.48. The van der Waals surface area contributed by atoms with Gasteiger partial charge in [0.25, 0.3) is 0 Å². The van der Waals surface area contributed by atoms with Crippen LogP contribution in [0.1, 0.15) is 12.5 Å². The second kappa shape index (κ2) is 8.29. The minimum atomic E-state index is 0.546. The van der Waals surface area contributed by atoms with Crippen LogP contribution in [0.5, 0.6) is 5.75 Å². The number of ether oxygens (including phenoxy) is 2. The first-order valence-corrected chi connectivity index (χ1v) is 6.68. The van der Waals surface area contributed by atoms with Gasteiger partial charge in [-0.15, -0.1) is 0 Å². The molecule has 0 saturated carbocycles. The van der Waals surface area contributed by atoms with Crippen molar-refractivity contribution in [2.24, 2.45) is 0 Å². The summed E-state index contributed by atoms with van der Waals surface area (Å²) in [4.78, 5) is 0. The van der Waals surface area contributed by atoms with E-state index in [0.29, 0.717) is 6.61 Å². The number of hydrogen-bond acceptors (Lipinski definition) is 3. The predicted octanol–water partition coefficient (Wildman–Crippen LogP) is 3.14. The van der Waals surface area contributed by atoms with Crippen molar-refractivity contribution in [1.29, 1.82) is 0 Å². The fourth-order valence-corrected chi connectivity index (χ4v) is 1.92. The lowest BCUT2D eigenvalue weighted by Gasteiger charge is -2.10. The highest BCUT2D eigenvalue weighted by atomic mass is 79.9. The summed E-state index contributed by atoms with van der Waals surface area (Å²) in [6.07, 6.45) is 0. The maximum Gasteiger partial charge on any atom is 0.133 e. The zero-order chi connectivity index (χ0) is 13.4. The highest BCUT2D eigenvalue weighted by Crippen LogP contribution is 2.26. The monoisotopic (exact) mass is 313 g/mol. The molecule has 18 heavy (non-hydrogen) atoms. The Kier molecular flexibility index (Phi) is 7.01. The fraction of sp³-hybridized carbons (Fsp3) is 0.429. The van der Waals surface area contributed by atoms with Gasteiger partial charge in [0.2, 0.25) is 0 Å². The summed E-state index contributed by atoms with van der Waals surface area (Å²) in [6, 6.07) is 6.09. The molecule has 0 heterocycles. The summed E-state index contributed by atoms with van der Waals surface area (Å²) < 4.78 is 11.6. The van der Waals surface area contributed by atoms with Gasteiger partial charge in [-0.3, -0.25) is 0 Å². The van der Waals surface area contributed by atoms with E-state index in [1.807, 2.05) is 13.0 Å². The van der Waals surface area contributed by atoms with Crippen molar-refractivity contribution >= 4 is 15.9 Å². The molecule has 0 unspecified atom stereocenters. The Morgan fingerprint density at radius 1 is 1.44 bits per heavy atom. The van der Waals surface area contributed by atoms with Crippen molar-refractivity contribution < 1.29 is 9.47 Å². The second-order valence-corrected chi connectivity index (χ2v) is 5.03. The third kappa shape index (κ3) is 5.67. The number of halogens is 1. The van der Waals surface area contributed by atoms with Gasteiger partial charge in [-0.25, -0.2) is 0 Å². The standard InChI is InChI=1S/C14H20BrNO2/c1-11(2)10-18-14-5-4-12(8-13(14)15)9-16-6-7-17-3/h4-5,8,16H,1,6-7,9-10H2,2-3H3. The van der Waals surface area contributed by atoms with Crippen LogP contribution in [0.2, 0.25) is 0 Å². The average molecular weight is 314 g/mol. The van der Waals surface area contributed by atoms with E-state index < -0.39 is 0 Å². The molecule has 0 aliphatic carbocycles. The lowest BCUT2D eigenvalue weighted by atomic mass is 10.2. The van der Waals surface area contributed by atoms with Gasteiger partial charge in [-0.1, -0.05) is 12.6 Å². The summed E-state index contributed by atoms with van der Waals surface area (Å²) in [5, 5.41) is 3.30.